The van der Waals surface area contributed by atoms with E-state index in [2.05, 4.69) is 0 Å². The number of carbonyl (C=O) groups excluding carboxylic acids is 1. The van der Waals surface area contributed by atoms with Gasteiger partial charge in [-0.1, -0.05) is 54.1 Å². The summed E-state index contributed by atoms with van der Waals surface area (Å²) in [6.45, 7) is 0. The van der Waals surface area contributed by atoms with E-state index in [-0.39, 0.29) is 5.78 Å². The first-order valence-electron chi connectivity index (χ1n) is 6.18. The molecule has 2 aromatic carbocycles. The van der Waals surface area contributed by atoms with Gasteiger partial charge in [0.15, 0.2) is 5.76 Å². The smallest absolute Gasteiger partial charge is 0.221 e. The predicted molar refractivity (Wildman–Crippen MR) is 81.0 cm³/mol. The van der Waals surface area contributed by atoms with Crippen molar-refractivity contribution >= 4 is 34.2 Å². The fraction of sp³-hybridized carbons (Fsp3) is 0. The number of allylic oxidation sites excluding steroid dienone is 1. The first kappa shape index (κ1) is 12.7. The van der Waals surface area contributed by atoms with Gasteiger partial charge in [-0.3, -0.25) is 4.79 Å². The molecule has 1 aromatic heterocycles. The number of furan rings is 1. The van der Waals surface area contributed by atoms with Crippen LogP contribution in [-0.4, -0.2) is 5.78 Å². The molecule has 3 heteroatoms. The van der Waals surface area contributed by atoms with Gasteiger partial charge in [0.25, 0.3) is 0 Å². The molecule has 0 amide bonds. The van der Waals surface area contributed by atoms with Gasteiger partial charge in [0, 0.05) is 15.8 Å². The molecule has 3 rings (SSSR count). The molecule has 20 heavy (non-hydrogen) atoms. The summed E-state index contributed by atoms with van der Waals surface area (Å²) >= 11 is 5.81. The van der Waals surface area contributed by atoms with Crippen LogP contribution in [0.25, 0.3) is 16.8 Å². The molecule has 0 N–H and O–H groups in total. The average molecular weight is 283 g/mol. The fourth-order valence-electron chi connectivity index (χ4n) is 2.00. The van der Waals surface area contributed by atoms with E-state index in [1.165, 1.54) is 6.08 Å². The van der Waals surface area contributed by atoms with Crippen LogP contribution in [0.3, 0.4) is 0 Å². The zero-order chi connectivity index (χ0) is 13.9. The molecular weight excluding hydrogens is 272 g/mol. The topological polar surface area (TPSA) is 30.2 Å². The van der Waals surface area contributed by atoms with E-state index in [0.717, 1.165) is 16.3 Å². The number of fused-ring (bicyclic) bond motifs is 1. The van der Waals surface area contributed by atoms with E-state index in [1.54, 1.807) is 24.5 Å². The molecule has 0 bridgehead atoms. The van der Waals surface area contributed by atoms with Crippen molar-refractivity contribution in [2.75, 3.05) is 0 Å². The first-order chi connectivity index (χ1) is 9.74. The van der Waals surface area contributed by atoms with E-state index in [1.807, 2.05) is 36.4 Å². The molecule has 0 radical (unpaired) electrons. The van der Waals surface area contributed by atoms with Gasteiger partial charge < -0.3 is 4.42 Å². The maximum absolute atomic E-state index is 12.2. The van der Waals surface area contributed by atoms with Crippen LogP contribution in [0.1, 0.15) is 16.1 Å². The normalized spacial score (nSPS) is 11.2. The zero-order valence-corrected chi connectivity index (χ0v) is 11.3. The summed E-state index contributed by atoms with van der Waals surface area (Å²) in [6, 6.07) is 14.9. The lowest BCUT2D eigenvalue weighted by Crippen LogP contribution is -1.91. The van der Waals surface area contributed by atoms with Crippen molar-refractivity contribution in [2.45, 2.75) is 0 Å². The van der Waals surface area contributed by atoms with Gasteiger partial charge in [-0.25, -0.2) is 0 Å². The lowest BCUT2D eigenvalue weighted by atomic mass is 10.1. The third-order valence-electron chi connectivity index (χ3n) is 3.03. The third kappa shape index (κ3) is 2.51. The van der Waals surface area contributed by atoms with E-state index in [4.69, 9.17) is 16.0 Å². The summed E-state index contributed by atoms with van der Waals surface area (Å²) in [5, 5.41) is 2.43. The third-order valence-corrected chi connectivity index (χ3v) is 3.28. The second-order valence-corrected chi connectivity index (χ2v) is 4.84. The van der Waals surface area contributed by atoms with E-state index >= 15 is 0 Å². The van der Waals surface area contributed by atoms with Gasteiger partial charge in [0.1, 0.15) is 0 Å². The van der Waals surface area contributed by atoms with Gasteiger partial charge in [0.2, 0.25) is 5.78 Å². The standard InChI is InChI=1S/C17H11ClO2/c18-14-8-5-12(6-9-14)7-10-16(19)17-15-4-2-1-3-13(15)11-20-17/h1-11H. The van der Waals surface area contributed by atoms with Crippen molar-refractivity contribution < 1.29 is 9.21 Å². The summed E-state index contributed by atoms with van der Waals surface area (Å²) in [4.78, 5) is 12.2. The molecule has 0 saturated heterocycles. The molecule has 1 heterocycles. The summed E-state index contributed by atoms with van der Waals surface area (Å²) in [6.07, 6.45) is 4.85. The van der Waals surface area contributed by atoms with E-state index in [9.17, 15) is 4.79 Å². The largest absolute Gasteiger partial charge is 0.460 e. The Balaban J connectivity index is 1.87. The van der Waals surface area contributed by atoms with Crippen LogP contribution in [0.15, 0.2) is 65.3 Å². The molecule has 0 aliphatic carbocycles. The highest BCUT2D eigenvalue weighted by Gasteiger charge is 2.11. The van der Waals surface area contributed by atoms with Crippen molar-refractivity contribution in [3.8, 4) is 0 Å². The van der Waals surface area contributed by atoms with Crippen molar-refractivity contribution in [1.82, 2.24) is 0 Å². The van der Waals surface area contributed by atoms with Gasteiger partial charge >= 0.3 is 0 Å². The summed E-state index contributed by atoms with van der Waals surface area (Å²) in [7, 11) is 0. The Morgan fingerprint density at radius 1 is 1.05 bits per heavy atom. The maximum Gasteiger partial charge on any atom is 0.221 e. The van der Waals surface area contributed by atoms with Crippen molar-refractivity contribution in [3.63, 3.8) is 0 Å². The number of halogens is 1. The number of benzene rings is 2. The predicted octanol–water partition coefficient (Wildman–Crippen LogP) is 4.98. The van der Waals surface area contributed by atoms with Gasteiger partial charge in [-0.15, -0.1) is 0 Å². The van der Waals surface area contributed by atoms with Gasteiger partial charge in [0.05, 0.1) is 6.26 Å². The SMILES string of the molecule is O=C(C=Cc1ccc(Cl)cc1)c1occ2ccccc12. The lowest BCUT2D eigenvalue weighted by molar-refractivity contribution is 0.102. The van der Waals surface area contributed by atoms with Crippen LogP contribution >= 0.6 is 11.6 Å². The average Bonchev–Trinajstić information content (AvgIpc) is 2.90. The molecule has 0 aliphatic heterocycles. The molecule has 0 unspecified atom stereocenters. The monoisotopic (exact) mass is 282 g/mol. The van der Waals surface area contributed by atoms with E-state index in [0.29, 0.717) is 10.8 Å². The highest BCUT2D eigenvalue weighted by atomic mass is 35.5. The number of carbonyl (C=O) groups is 1. The minimum absolute atomic E-state index is 0.152. The Hall–Kier alpha value is -2.32. The fourth-order valence-corrected chi connectivity index (χ4v) is 2.13. The van der Waals surface area contributed by atoms with Gasteiger partial charge in [-0.2, -0.15) is 0 Å². The molecule has 0 spiro atoms. The van der Waals surface area contributed by atoms with Crippen LogP contribution in [0.5, 0.6) is 0 Å². The highest BCUT2D eigenvalue weighted by Crippen LogP contribution is 2.21. The number of hydrogen-bond acceptors (Lipinski definition) is 2. The van der Waals surface area contributed by atoms with Crippen LogP contribution in [0, 0.1) is 0 Å². The Kier molecular flexibility index (Phi) is 3.40. The van der Waals surface area contributed by atoms with Crippen molar-refractivity contribution in [3.05, 3.63) is 77.2 Å². The Morgan fingerprint density at radius 3 is 2.60 bits per heavy atom. The molecule has 3 aromatic rings. The van der Waals surface area contributed by atoms with Crippen molar-refractivity contribution in [2.24, 2.45) is 0 Å². The minimum atomic E-state index is -0.152. The second-order valence-electron chi connectivity index (χ2n) is 4.40. The van der Waals surface area contributed by atoms with Crippen LogP contribution < -0.4 is 0 Å². The van der Waals surface area contributed by atoms with Crippen LogP contribution in [0.4, 0.5) is 0 Å². The first-order valence-corrected chi connectivity index (χ1v) is 6.56. The molecule has 0 fully saturated rings. The highest BCUT2D eigenvalue weighted by molar-refractivity contribution is 6.30. The quantitative estimate of drug-likeness (QED) is 0.501. The lowest BCUT2D eigenvalue weighted by Gasteiger charge is -1.94. The molecule has 2 nitrogen and oxygen atoms in total. The minimum Gasteiger partial charge on any atom is -0.460 e. The number of ketones is 1. The Morgan fingerprint density at radius 2 is 1.80 bits per heavy atom. The summed E-state index contributed by atoms with van der Waals surface area (Å²) in [5.41, 5.74) is 0.915. The van der Waals surface area contributed by atoms with Crippen LogP contribution in [-0.2, 0) is 0 Å². The molecule has 0 atom stereocenters. The Labute approximate surface area is 121 Å². The molecule has 0 aliphatic rings. The molecular formula is C17H11ClO2. The maximum atomic E-state index is 12.2. The molecule has 0 saturated carbocycles. The second kappa shape index (κ2) is 5.35. The van der Waals surface area contributed by atoms with E-state index < -0.39 is 0 Å². The zero-order valence-electron chi connectivity index (χ0n) is 10.5. The number of hydrogen-bond donors (Lipinski definition) is 0. The summed E-state index contributed by atoms with van der Waals surface area (Å²) < 4.78 is 5.36. The van der Waals surface area contributed by atoms with Crippen LogP contribution in [0.2, 0.25) is 5.02 Å². The molecule has 98 valence electrons. The van der Waals surface area contributed by atoms with Gasteiger partial charge in [-0.05, 0) is 23.8 Å². The Bertz CT molecular complexity index is 782. The van der Waals surface area contributed by atoms with Crippen molar-refractivity contribution in [1.29, 1.82) is 0 Å². The number of rotatable bonds is 3. The summed E-state index contributed by atoms with van der Waals surface area (Å²) in [5.74, 6) is 0.215.